The summed E-state index contributed by atoms with van der Waals surface area (Å²) in [6, 6.07) is 14.4. The fourth-order valence-electron chi connectivity index (χ4n) is 2.13. The van der Waals surface area contributed by atoms with Crippen LogP contribution in [0.2, 0.25) is 0 Å². The summed E-state index contributed by atoms with van der Waals surface area (Å²) in [5.74, 6) is -0.321. The number of rotatable bonds is 5. The molecule has 0 saturated heterocycles. The smallest absolute Gasteiger partial charge is 0.156 e. The van der Waals surface area contributed by atoms with Crippen molar-refractivity contribution in [2.24, 2.45) is 0 Å². The van der Waals surface area contributed by atoms with Gasteiger partial charge in [0.1, 0.15) is 5.82 Å². The number of aryl methyl sites for hydroxylation is 1. The number of hydrogen-bond donors (Lipinski definition) is 0. The number of carbonyl (C=O) groups excluding carboxylic acids is 1. The van der Waals surface area contributed by atoms with Gasteiger partial charge < -0.3 is 4.90 Å². The minimum absolute atomic E-state index is 0.000828. The van der Waals surface area contributed by atoms with Gasteiger partial charge in [0.2, 0.25) is 0 Å². The highest BCUT2D eigenvalue weighted by Crippen LogP contribution is 2.14. The Morgan fingerprint density at radius 2 is 1.90 bits per heavy atom. The van der Waals surface area contributed by atoms with Crippen LogP contribution < -0.4 is 4.90 Å². The van der Waals surface area contributed by atoms with E-state index in [4.69, 9.17) is 0 Å². The first-order valence-corrected chi connectivity index (χ1v) is 6.59. The second-order valence-corrected chi connectivity index (χ2v) is 5.00. The van der Waals surface area contributed by atoms with Gasteiger partial charge in [0.15, 0.2) is 5.78 Å². The molecule has 0 aliphatic heterocycles. The molecule has 2 nitrogen and oxygen atoms in total. The van der Waals surface area contributed by atoms with Crippen LogP contribution in [-0.2, 0) is 11.2 Å². The van der Waals surface area contributed by atoms with E-state index in [-0.39, 0.29) is 24.6 Å². The van der Waals surface area contributed by atoms with Crippen molar-refractivity contribution in [1.82, 2.24) is 0 Å². The van der Waals surface area contributed by atoms with Gasteiger partial charge in [-0.1, -0.05) is 30.3 Å². The lowest BCUT2D eigenvalue weighted by Crippen LogP contribution is -2.26. The Morgan fingerprint density at radius 1 is 1.15 bits per heavy atom. The minimum atomic E-state index is -0.320. The first-order valence-electron chi connectivity index (χ1n) is 6.59. The van der Waals surface area contributed by atoms with E-state index in [1.165, 1.54) is 6.07 Å². The zero-order valence-corrected chi connectivity index (χ0v) is 11.8. The van der Waals surface area contributed by atoms with Gasteiger partial charge in [-0.05, 0) is 36.2 Å². The van der Waals surface area contributed by atoms with Crippen molar-refractivity contribution in [3.8, 4) is 0 Å². The molecule has 0 radical (unpaired) electrons. The van der Waals surface area contributed by atoms with Crippen molar-refractivity contribution in [2.45, 2.75) is 13.3 Å². The summed E-state index contributed by atoms with van der Waals surface area (Å²) in [4.78, 5) is 13.9. The van der Waals surface area contributed by atoms with E-state index in [2.05, 4.69) is 0 Å². The van der Waals surface area contributed by atoms with Gasteiger partial charge in [-0.2, -0.15) is 0 Å². The van der Waals surface area contributed by atoms with Crippen LogP contribution in [0.4, 0.5) is 10.1 Å². The fraction of sp³-hybridized carbons (Fsp3) is 0.235. The molecular weight excluding hydrogens is 253 g/mol. The highest BCUT2D eigenvalue weighted by molar-refractivity contribution is 5.85. The SMILES string of the molecule is Cc1cccc(N(C)CC(=O)Cc2ccccc2F)c1. The van der Waals surface area contributed by atoms with Crippen molar-refractivity contribution >= 4 is 11.5 Å². The third-order valence-electron chi connectivity index (χ3n) is 3.20. The molecule has 0 amide bonds. The molecular formula is C17H18FNO. The quantitative estimate of drug-likeness (QED) is 0.831. The Kier molecular flexibility index (Phi) is 4.51. The predicted octanol–water partition coefficient (Wildman–Crippen LogP) is 3.38. The summed E-state index contributed by atoms with van der Waals surface area (Å²) in [7, 11) is 1.87. The van der Waals surface area contributed by atoms with Crippen LogP contribution in [0.25, 0.3) is 0 Å². The van der Waals surface area contributed by atoms with E-state index in [1.54, 1.807) is 18.2 Å². The number of ketones is 1. The number of hydrogen-bond acceptors (Lipinski definition) is 2. The zero-order chi connectivity index (χ0) is 14.5. The van der Waals surface area contributed by atoms with Gasteiger partial charge in [0, 0.05) is 19.2 Å². The second kappa shape index (κ2) is 6.33. The average Bonchev–Trinajstić information content (AvgIpc) is 2.41. The molecule has 2 rings (SSSR count). The van der Waals surface area contributed by atoms with Gasteiger partial charge in [-0.3, -0.25) is 4.79 Å². The highest BCUT2D eigenvalue weighted by atomic mass is 19.1. The Hall–Kier alpha value is -2.16. The van der Waals surface area contributed by atoms with Gasteiger partial charge in [0.25, 0.3) is 0 Å². The third kappa shape index (κ3) is 3.67. The lowest BCUT2D eigenvalue weighted by molar-refractivity contribution is -0.117. The van der Waals surface area contributed by atoms with Crippen LogP contribution in [0.1, 0.15) is 11.1 Å². The van der Waals surface area contributed by atoms with Gasteiger partial charge in [-0.15, -0.1) is 0 Å². The van der Waals surface area contributed by atoms with Crippen LogP contribution in [0.3, 0.4) is 0 Å². The maximum absolute atomic E-state index is 13.5. The number of carbonyl (C=O) groups is 1. The molecule has 2 aromatic rings. The van der Waals surface area contributed by atoms with Crippen molar-refractivity contribution in [3.05, 3.63) is 65.5 Å². The Labute approximate surface area is 118 Å². The summed E-state index contributed by atoms with van der Waals surface area (Å²) in [5.41, 5.74) is 2.60. The number of likely N-dealkylation sites (N-methyl/N-ethyl adjacent to an activating group) is 1. The standard InChI is InChI=1S/C17H18FNO/c1-13-6-5-8-15(10-13)19(2)12-16(20)11-14-7-3-4-9-17(14)18/h3-10H,11-12H2,1-2H3. The van der Waals surface area contributed by atoms with E-state index < -0.39 is 0 Å². The summed E-state index contributed by atoms with van der Waals surface area (Å²) >= 11 is 0. The zero-order valence-electron chi connectivity index (χ0n) is 11.8. The lowest BCUT2D eigenvalue weighted by atomic mass is 10.1. The number of benzene rings is 2. The maximum atomic E-state index is 13.5. The van der Waals surface area contributed by atoms with Crippen LogP contribution in [0.5, 0.6) is 0 Å². The number of nitrogens with zero attached hydrogens (tertiary/aromatic N) is 1. The number of Topliss-reactive ketones (excluding diaryl/α,β-unsaturated/α-hetero) is 1. The molecule has 0 heterocycles. The number of halogens is 1. The molecule has 0 bridgehead atoms. The normalized spacial score (nSPS) is 10.3. The Morgan fingerprint density at radius 3 is 2.60 bits per heavy atom. The van der Waals surface area contributed by atoms with Crippen molar-refractivity contribution in [1.29, 1.82) is 0 Å². The van der Waals surface area contributed by atoms with E-state index in [0.717, 1.165) is 11.3 Å². The van der Waals surface area contributed by atoms with Gasteiger partial charge >= 0.3 is 0 Å². The molecule has 0 aliphatic carbocycles. The molecule has 104 valence electrons. The van der Waals surface area contributed by atoms with Crippen molar-refractivity contribution in [3.63, 3.8) is 0 Å². The molecule has 0 aliphatic rings. The molecule has 0 N–H and O–H groups in total. The lowest BCUT2D eigenvalue weighted by Gasteiger charge is -2.19. The van der Waals surface area contributed by atoms with Gasteiger partial charge in [0.05, 0.1) is 6.54 Å². The molecule has 0 saturated carbocycles. The van der Waals surface area contributed by atoms with E-state index in [0.29, 0.717) is 5.56 Å². The monoisotopic (exact) mass is 271 g/mol. The fourth-order valence-corrected chi connectivity index (χ4v) is 2.13. The third-order valence-corrected chi connectivity index (χ3v) is 3.20. The number of anilines is 1. The Balaban J connectivity index is 2.00. The molecule has 20 heavy (non-hydrogen) atoms. The molecule has 0 atom stereocenters. The molecule has 0 unspecified atom stereocenters. The first kappa shape index (κ1) is 14.3. The topological polar surface area (TPSA) is 20.3 Å². The molecule has 2 aromatic carbocycles. The molecule has 3 heteroatoms. The Bertz CT molecular complexity index is 609. The van der Waals surface area contributed by atoms with Crippen LogP contribution in [-0.4, -0.2) is 19.4 Å². The van der Waals surface area contributed by atoms with Gasteiger partial charge in [-0.25, -0.2) is 4.39 Å². The maximum Gasteiger partial charge on any atom is 0.156 e. The van der Waals surface area contributed by atoms with E-state index in [1.807, 2.05) is 43.1 Å². The summed E-state index contributed by atoms with van der Waals surface area (Å²) in [6.45, 7) is 2.29. The van der Waals surface area contributed by atoms with E-state index in [9.17, 15) is 9.18 Å². The summed E-state index contributed by atoms with van der Waals surface area (Å²) in [6.07, 6.45) is 0.128. The summed E-state index contributed by atoms with van der Waals surface area (Å²) < 4.78 is 13.5. The molecule has 0 fully saturated rings. The second-order valence-electron chi connectivity index (χ2n) is 5.00. The molecule has 0 spiro atoms. The van der Waals surface area contributed by atoms with Crippen LogP contribution in [0.15, 0.2) is 48.5 Å². The van der Waals surface area contributed by atoms with Crippen LogP contribution in [0, 0.1) is 12.7 Å². The van der Waals surface area contributed by atoms with Crippen molar-refractivity contribution < 1.29 is 9.18 Å². The first-order chi connectivity index (χ1) is 9.56. The largest absolute Gasteiger partial charge is 0.367 e. The molecule has 0 aromatic heterocycles. The highest BCUT2D eigenvalue weighted by Gasteiger charge is 2.11. The van der Waals surface area contributed by atoms with Crippen LogP contribution >= 0.6 is 0 Å². The minimum Gasteiger partial charge on any atom is -0.367 e. The summed E-state index contributed by atoms with van der Waals surface area (Å²) in [5, 5.41) is 0. The van der Waals surface area contributed by atoms with Crippen molar-refractivity contribution in [2.75, 3.05) is 18.5 Å². The predicted molar refractivity (Wildman–Crippen MR) is 79.6 cm³/mol. The average molecular weight is 271 g/mol. The van der Waals surface area contributed by atoms with E-state index >= 15 is 0 Å².